The van der Waals surface area contributed by atoms with Gasteiger partial charge in [0.25, 0.3) is 5.56 Å². The van der Waals surface area contributed by atoms with Gasteiger partial charge in [-0.2, -0.15) is 0 Å². The maximum atomic E-state index is 13.6. The zero-order chi connectivity index (χ0) is 25.2. The van der Waals surface area contributed by atoms with Gasteiger partial charge in [0.1, 0.15) is 17.2 Å². The molecule has 1 amide bonds. The van der Waals surface area contributed by atoms with E-state index in [0.717, 1.165) is 45.2 Å². The van der Waals surface area contributed by atoms with E-state index in [1.54, 1.807) is 15.9 Å². The number of para-hydroxylation sites is 1. The molecule has 6 nitrogen and oxygen atoms in total. The first-order chi connectivity index (χ1) is 16.1. The number of rotatable bonds is 9. The summed E-state index contributed by atoms with van der Waals surface area (Å²) in [4.78, 5) is 35.9. The van der Waals surface area contributed by atoms with E-state index in [9.17, 15) is 9.59 Å². The van der Waals surface area contributed by atoms with Crippen LogP contribution >= 0.6 is 11.3 Å². The van der Waals surface area contributed by atoms with Crippen LogP contribution in [0.15, 0.2) is 23.0 Å². The Morgan fingerprint density at radius 2 is 1.68 bits per heavy atom. The van der Waals surface area contributed by atoms with Crippen molar-refractivity contribution >= 4 is 33.1 Å². The normalized spacial score (nSPS) is 11.9. The van der Waals surface area contributed by atoms with Crippen molar-refractivity contribution in [1.29, 1.82) is 0 Å². The predicted molar refractivity (Wildman–Crippen MR) is 143 cm³/mol. The molecular weight excluding hydrogens is 444 g/mol. The highest BCUT2D eigenvalue weighted by molar-refractivity contribution is 7.18. The van der Waals surface area contributed by atoms with Crippen LogP contribution in [0.5, 0.6) is 0 Å². The van der Waals surface area contributed by atoms with E-state index in [1.165, 1.54) is 0 Å². The zero-order valence-corrected chi connectivity index (χ0v) is 22.6. The molecule has 0 saturated carbocycles. The van der Waals surface area contributed by atoms with Gasteiger partial charge in [-0.1, -0.05) is 59.7 Å². The van der Waals surface area contributed by atoms with Crippen molar-refractivity contribution < 1.29 is 4.79 Å². The number of nitrogens with zero attached hydrogens (tertiary/aromatic N) is 3. The molecule has 0 aliphatic rings. The summed E-state index contributed by atoms with van der Waals surface area (Å²) in [6, 6.07) is 6.18. The van der Waals surface area contributed by atoms with Gasteiger partial charge in [0.2, 0.25) is 5.91 Å². The summed E-state index contributed by atoms with van der Waals surface area (Å²) < 4.78 is 1.57. The van der Waals surface area contributed by atoms with Gasteiger partial charge in [0.15, 0.2) is 0 Å². The second-order valence-corrected chi connectivity index (χ2v) is 10.7. The summed E-state index contributed by atoms with van der Waals surface area (Å²) in [5.74, 6) is 0.969. The predicted octanol–water partition coefficient (Wildman–Crippen LogP) is 5.80. The van der Waals surface area contributed by atoms with E-state index in [1.807, 2.05) is 19.9 Å². The molecule has 34 heavy (non-hydrogen) atoms. The first kappa shape index (κ1) is 26.1. The smallest absolute Gasteiger partial charge is 0.263 e. The van der Waals surface area contributed by atoms with Gasteiger partial charge < -0.3 is 5.32 Å². The molecule has 0 aliphatic heterocycles. The Balaban J connectivity index is 2.06. The first-order valence-electron chi connectivity index (χ1n) is 12.2. The Morgan fingerprint density at radius 3 is 2.21 bits per heavy atom. The molecule has 2 heterocycles. The monoisotopic (exact) mass is 482 g/mol. The third-order valence-corrected chi connectivity index (χ3v) is 7.67. The number of carbonyl (C=O) groups is 1. The molecule has 0 fully saturated rings. The van der Waals surface area contributed by atoms with E-state index in [0.29, 0.717) is 17.8 Å². The van der Waals surface area contributed by atoms with Crippen molar-refractivity contribution in [3.05, 3.63) is 55.9 Å². The van der Waals surface area contributed by atoms with Crippen LogP contribution in [0.1, 0.15) is 80.8 Å². The standard InChI is InChI=1S/C27H38N4O2S/c1-9-30(10-2)14-22-28-26-24(18(7)19(8)34-26)27(33)31(22)15-23(32)29-25-20(16(3)4)12-11-13-21(25)17(5)6/h11-13,16-17H,9-10,14-15H2,1-8H3,(H,29,32). The number of hydrogen-bond acceptors (Lipinski definition) is 5. The Morgan fingerprint density at radius 1 is 1.09 bits per heavy atom. The summed E-state index contributed by atoms with van der Waals surface area (Å²) in [6.07, 6.45) is 0. The number of aryl methyl sites for hydroxylation is 2. The van der Waals surface area contributed by atoms with Gasteiger partial charge in [-0.05, 0) is 55.5 Å². The molecule has 3 rings (SSSR count). The molecule has 0 atom stereocenters. The molecule has 0 aliphatic carbocycles. The number of benzene rings is 1. The van der Waals surface area contributed by atoms with Crippen molar-refractivity contribution in [2.75, 3.05) is 18.4 Å². The highest BCUT2D eigenvalue weighted by Gasteiger charge is 2.21. The number of hydrogen-bond donors (Lipinski definition) is 1. The minimum Gasteiger partial charge on any atom is -0.324 e. The van der Waals surface area contributed by atoms with Crippen LogP contribution in [-0.2, 0) is 17.9 Å². The molecule has 0 radical (unpaired) electrons. The number of anilines is 1. The fourth-order valence-corrected chi connectivity index (χ4v) is 5.36. The average molecular weight is 483 g/mol. The lowest BCUT2D eigenvalue weighted by Crippen LogP contribution is -2.34. The van der Waals surface area contributed by atoms with Crippen LogP contribution in [0.25, 0.3) is 10.2 Å². The molecule has 7 heteroatoms. The van der Waals surface area contributed by atoms with Gasteiger partial charge >= 0.3 is 0 Å². The Kier molecular flexibility index (Phi) is 8.31. The summed E-state index contributed by atoms with van der Waals surface area (Å²) in [5, 5.41) is 3.79. The second-order valence-electron chi connectivity index (χ2n) is 9.51. The van der Waals surface area contributed by atoms with Gasteiger partial charge in [-0.25, -0.2) is 4.98 Å². The number of thiophene rings is 1. The van der Waals surface area contributed by atoms with Crippen molar-refractivity contribution in [1.82, 2.24) is 14.5 Å². The maximum absolute atomic E-state index is 13.6. The number of carbonyl (C=O) groups excluding carboxylic acids is 1. The van der Waals surface area contributed by atoms with Gasteiger partial charge in [0.05, 0.1) is 11.9 Å². The van der Waals surface area contributed by atoms with Crippen molar-refractivity contribution in [2.24, 2.45) is 0 Å². The van der Waals surface area contributed by atoms with Gasteiger partial charge in [0, 0.05) is 10.6 Å². The zero-order valence-electron chi connectivity index (χ0n) is 21.8. The molecule has 0 spiro atoms. The molecule has 0 unspecified atom stereocenters. The van der Waals surface area contributed by atoms with E-state index < -0.39 is 0 Å². The largest absolute Gasteiger partial charge is 0.324 e. The van der Waals surface area contributed by atoms with E-state index >= 15 is 0 Å². The molecule has 0 bridgehead atoms. The molecule has 3 aromatic rings. The minimum absolute atomic E-state index is 0.0589. The third-order valence-electron chi connectivity index (χ3n) is 6.57. The van der Waals surface area contributed by atoms with Crippen LogP contribution < -0.4 is 10.9 Å². The van der Waals surface area contributed by atoms with Gasteiger partial charge in [-0.3, -0.25) is 19.1 Å². The lowest BCUT2D eigenvalue weighted by atomic mass is 9.92. The SMILES string of the molecule is CCN(CC)Cc1nc2sc(C)c(C)c2c(=O)n1CC(=O)Nc1c(C(C)C)cccc1C(C)C. The number of amides is 1. The Labute approximate surface area is 207 Å². The van der Waals surface area contributed by atoms with E-state index in [-0.39, 0.29) is 29.8 Å². The number of aromatic nitrogens is 2. The molecule has 2 aromatic heterocycles. The Hall–Kier alpha value is -2.51. The summed E-state index contributed by atoms with van der Waals surface area (Å²) in [7, 11) is 0. The van der Waals surface area contributed by atoms with E-state index in [4.69, 9.17) is 4.98 Å². The average Bonchev–Trinajstić information content (AvgIpc) is 3.07. The Bertz CT molecular complexity index is 1210. The number of nitrogens with one attached hydrogen (secondary N) is 1. The summed E-state index contributed by atoms with van der Waals surface area (Å²) >= 11 is 1.55. The lowest BCUT2D eigenvalue weighted by Gasteiger charge is -2.22. The van der Waals surface area contributed by atoms with Crippen LogP contribution in [0.3, 0.4) is 0 Å². The summed E-state index contributed by atoms with van der Waals surface area (Å²) in [6.45, 7) is 18.8. The third kappa shape index (κ3) is 5.26. The molecule has 1 aromatic carbocycles. The second kappa shape index (κ2) is 10.8. The van der Waals surface area contributed by atoms with Gasteiger partial charge in [-0.15, -0.1) is 11.3 Å². The maximum Gasteiger partial charge on any atom is 0.263 e. The van der Waals surface area contributed by atoms with Crippen LogP contribution in [0.2, 0.25) is 0 Å². The quantitative estimate of drug-likeness (QED) is 0.418. The topological polar surface area (TPSA) is 67.2 Å². The minimum atomic E-state index is -0.205. The number of fused-ring (bicyclic) bond motifs is 1. The van der Waals surface area contributed by atoms with Crippen molar-refractivity contribution in [2.45, 2.75) is 80.3 Å². The fraction of sp³-hybridized carbons (Fsp3) is 0.519. The fourth-order valence-electron chi connectivity index (χ4n) is 4.32. The van der Waals surface area contributed by atoms with Crippen LogP contribution in [-0.4, -0.2) is 33.4 Å². The van der Waals surface area contributed by atoms with E-state index in [2.05, 4.69) is 63.9 Å². The van der Waals surface area contributed by atoms with Crippen LogP contribution in [0, 0.1) is 13.8 Å². The lowest BCUT2D eigenvalue weighted by molar-refractivity contribution is -0.116. The molecule has 184 valence electrons. The highest BCUT2D eigenvalue weighted by atomic mass is 32.1. The van der Waals surface area contributed by atoms with Crippen molar-refractivity contribution in [3.63, 3.8) is 0 Å². The summed E-state index contributed by atoms with van der Waals surface area (Å²) in [5.41, 5.74) is 3.90. The van der Waals surface area contributed by atoms with Crippen LogP contribution in [0.4, 0.5) is 5.69 Å². The van der Waals surface area contributed by atoms with Crippen molar-refractivity contribution in [3.8, 4) is 0 Å². The first-order valence-corrected chi connectivity index (χ1v) is 13.0. The highest BCUT2D eigenvalue weighted by Crippen LogP contribution is 2.32. The molecular formula is C27H38N4O2S. The molecule has 1 N–H and O–H groups in total. The molecule has 0 saturated heterocycles.